The van der Waals surface area contributed by atoms with Gasteiger partial charge >= 0.3 is 0 Å². The Morgan fingerprint density at radius 1 is 1.14 bits per heavy atom. The highest BCUT2D eigenvalue weighted by atomic mass is 16.6. The smallest absolute Gasteiger partial charge is 0.293 e. The molecule has 6 nitrogen and oxygen atoms in total. The van der Waals surface area contributed by atoms with Gasteiger partial charge in [0.05, 0.1) is 4.92 Å². The van der Waals surface area contributed by atoms with Crippen molar-refractivity contribution in [3.8, 4) is 0 Å². The van der Waals surface area contributed by atoms with Crippen LogP contribution >= 0.6 is 0 Å². The number of aliphatic hydroxyl groups excluding tert-OH is 1. The first kappa shape index (κ1) is 15.7. The number of anilines is 1. The molecule has 0 unspecified atom stereocenters. The van der Waals surface area contributed by atoms with E-state index >= 15 is 0 Å². The average molecular weight is 300 g/mol. The fraction of sp³-hybridized carbons (Fsp3) is 0.188. The third-order valence-electron chi connectivity index (χ3n) is 3.14. The van der Waals surface area contributed by atoms with E-state index in [1.807, 2.05) is 0 Å². The maximum Gasteiger partial charge on any atom is 0.293 e. The van der Waals surface area contributed by atoms with Crippen molar-refractivity contribution < 1.29 is 14.8 Å². The largest absolute Gasteiger partial charge is 0.396 e. The molecule has 2 rings (SSSR count). The number of carbonyl (C=O) groups is 1. The molecule has 0 bridgehead atoms. The highest BCUT2D eigenvalue weighted by molar-refractivity contribution is 6.09. The summed E-state index contributed by atoms with van der Waals surface area (Å²) in [5.74, 6) is -0.259. The zero-order chi connectivity index (χ0) is 15.9. The van der Waals surface area contributed by atoms with Gasteiger partial charge in [0.1, 0.15) is 5.69 Å². The Hall–Kier alpha value is -2.73. The molecule has 0 saturated heterocycles. The minimum absolute atomic E-state index is 0.00533. The summed E-state index contributed by atoms with van der Waals surface area (Å²) in [7, 11) is 0. The van der Waals surface area contributed by atoms with Gasteiger partial charge in [0, 0.05) is 30.3 Å². The van der Waals surface area contributed by atoms with Crippen LogP contribution in [0.5, 0.6) is 0 Å². The molecular formula is C16H16N2O4. The molecule has 0 aromatic heterocycles. The van der Waals surface area contributed by atoms with Gasteiger partial charge in [0.15, 0.2) is 5.78 Å². The van der Waals surface area contributed by atoms with E-state index in [1.165, 1.54) is 12.1 Å². The van der Waals surface area contributed by atoms with Crippen LogP contribution in [0.25, 0.3) is 0 Å². The molecular weight excluding hydrogens is 284 g/mol. The van der Waals surface area contributed by atoms with Crippen LogP contribution in [0.15, 0.2) is 48.5 Å². The number of nitrogens with zero attached hydrogens (tertiary/aromatic N) is 1. The quantitative estimate of drug-likeness (QED) is 0.355. The van der Waals surface area contributed by atoms with Crippen molar-refractivity contribution in [3.05, 3.63) is 69.8 Å². The molecule has 0 radical (unpaired) electrons. The van der Waals surface area contributed by atoms with Crippen LogP contribution in [0.2, 0.25) is 0 Å². The minimum Gasteiger partial charge on any atom is -0.396 e. The van der Waals surface area contributed by atoms with E-state index in [0.717, 1.165) is 0 Å². The number of nitro benzene ring substituents is 1. The van der Waals surface area contributed by atoms with Gasteiger partial charge in [0.25, 0.3) is 5.69 Å². The molecule has 2 aromatic rings. The van der Waals surface area contributed by atoms with Gasteiger partial charge in [0.2, 0.25) is 0 Å². The van der Waals surface area contributed by atoms with E-state index in [4.69, 9.17) is 5.11 Å². The highest BCUT2D eigenvalue weighted by Crippen LogP contribution is 2.26. The van der Waals surface area contributed by atoms with Crippen molar-refractivity contribution in [2.45, 2.75) is 6.42 Å². The van der Waals surface area contributed by atoms with Gasteiger partial charge in [-0.3, -0.25) is 14.9 Å². The van der Waals surface area contributed by atoms with Gasteiger partial charge in [-0.05, 0) is 18.6 Å². The van der Waals surface area contributed by atoms with Gasteiger partial charge in [-0.2, -0.15) is 0 Å². The first-order valence-corrected chi connectivity index (χ1v) is 6.86. The Morgan fingerprint density at radius 3 is 2.50 bits per heavy atom. The molecule has 0 aliphatic carbocycles. The fourth-order valence-corrected chi connectivity index (χ4v) is 2.03. The molecule has 0 spiro atoms. The lowest BCUT2D eigenvalue weighted by Gasteiger charge is -2.08. The molecule has 22 heavy (non-hydrogen) atoms. The van der Waals surface area contributed by atoms with Crippen molar-refractivity contribution in [3.63, 3.8) is 0 Å². The van der Waals surface area contributed by atoms with Crippen LogP contribution in [0, 0.1) is 10.1 Å². The van der Waals surface area contributed by atoms with Crippen LogP contribution < -0.4 is 5.32 Å². The molecule has 0 heterocycles. The average Bonchev–Trinajstić information content (AvgIpc) is 2.55. The molecule has 0 aliphatic rings. The lowest BCUT2D eigenvalue weighted by Crippen LogP contribution is -2.07. The van der Waals surface area contributed by atoms with Crippen molar-refractivity contribution in [1.29, 1.82) is 0 Å². The highest BCUT2D eigenvalue weighted by Gasteiger charge is 2.18. The molecule has 2 N–H and O–H groups in total. The number of nitrogens with one attached hydrogen (secondary N) is 1. The summed E-state index contributed by atoms with van der Waals surface area (Å²) in [6.07, 6.45) is 0.488. The van der Waals surface area contributed by atoms with Crippen LogP contribution in [-0.2, 0) is 0 Å². The van der Waals surface area contributed by atoms with Crippen molar-refractivity contribution in [2.75, 3.05) is 18.5 Å². The standard InChI is InChI=1S/C16H16N2O4/c19-10-4-9-17-14-8-7-13(11-15(14)18(21)22)16(20)12-5-2-1-3-6-12/h1-3,5-8,11,17,19H,4,9-10H2. The summed E-state index contributed by atoms with van der Waals surface area (Å²) in [6, 6.07) is 13.0. The zero-order valence-electron chi connectivity index (χ0n) is 11.9. The number of nitro groups is 1. The number of benzene rings is 2. The van der Waals surface area contributed by atoms with E-state index in [0.29, 0.717) is 24.2 Å². The third kappa shape index (κ3) is 3.67. The molecule has 114 valence electrons. The Bertz CT molecular complexity index is 671. The maximum absolute atomic E-state index is 12.3. The Morgan fingerprint density at radius 2 is 1.86 bits per heavy atom. The summed E-state index contributed by atoms with van der Waals surface area (Å²) in [6.45, 7) is 0.425. The van der Waals surface area contributed by atoms with Gasteiger partial charge < -0.3 is 10.4 Å². The first-order valence-electron chi connectivity index (χ1n) is 6.86. The first-order chi connectivity index (χ1) is 10.6. The van der Waals surface area contributed by atoms with Crippen LogP contribution in [-0.4, -0.2) is 29.0 Å². The Balaban J connectivity index is 2.29. The predicted molar refractivity (Wildman–Crippen MR) is 83.2 cm³/mol. The van der Waals surface area contributed by atoms with Gasteiger partial charge in [-0.25, -0.2) is 0 Å². The third-order valence-corrected chi connectivity index (χ3v) is 3.14. The Labute approximate surface area is 127 Å². The molecule has 0 saturated carbocycles. The SMILES string of the molecule is O=C(c1ccccc1)c1ccc(NCCCO)c([N+](=O)[O-])c1. The van der Waals surface area contributed by atoms with E-state index in [2.05, 4.69) is 5.32 Å². The Kier molecular flexibility index (Phi) is 5.21. The van der Waals surface area contributed by atoms with E-state index < -0.39 is 4.92 Å². The van der Waals surface area contributed by atoms with Crippen LogP contribution in [0.4, 0.5) is 11.4 Å². The summed E-state index contributed by atoms with van der Waals surface area (Å²) < 4.78 is 0. The number of ketones is 1. The molecule has 0 fully saturated rings. The van der Waals surface area contributed by atoms with E-state index in [1.54, 1.807) is 36.4 Å². The van der Waals surface area contributed by atoms with Crippen LogP contribution in [0.1, 0.15) is 22.3 Å². The molecule has 0 aliphatic heterocycles. The van der Waals surface area contributed by atoms with Crippen molar-refractivity contribution >= 4 is 17.2 Å². The van der Waals surface area contributed by atoms with E-state index in [-0.39, 0.29) is 23.6 Å². The van der Waals surface area contributed by atoms with Crippen molar-refractivity contribution in [1.82, 2.24) is 0 Å². The van der Waals surface area contributed by atoms with Gasteiger partial charge in [-0.1, -0.05) is 30.3 Å². The summed E-state index contributed by atoms with van der Waals surface area (Å²) in [5, 5.41) is 22.8. The number of hydrogen-bond donors (Lipinski definition) is 2. The molecule has 6 heteroatoms. The summed E-state index contributed by atoms with van der Waals surface area (Å²) in [4.78, 5) is 23.0. The van der Waals surface area contributed by atoms with Crippen LogP contribution in [0.3, 0.4) is 0 Å². The second-order valence-corrected chi connectivity index (χ2v) is 4.69. The normalized spacial score (nSPS) is 10.2. The second kappa shape index (κ2) is 7.33. The van der Waals surface area contributed by atoms with E-state index in [9.17, 15) is 14.9 Å². The lowest BCUT2D eigenvalue weighted by molar-refractivity contribution is -0.384. The topological polar surface area (TPSA) is 92.5 Å². The monoisotopic (exact) mass is 300 g/mol. The maximum atomic E-state index is 12.3. The molecule has 0 atom stereocenters. The number of hydrogen-bond acceptors (Lipinski definition) is 5. The molecule has 2 aromatic carbocycles. The lowest BCUT2D eigenvalue weighted by atomic mass is 10.0. The number of rotatable bonds is 7. The predicted octanol–water partition coefficient (Wildman–Crippen LogP) is 2.62. The summed E-state index contributed by atoms with van der Waals surface area (Å²) in [5.41, 5.74) is 0.936. The van der Waals surface area contributed by atoms with Gasteiger partial charge in [-0.15, -0.1) is 0 Å². The fourth-order valence-electron chi connectivity index (χ4n) is 2.03. The second-order valence-electron chi connectivity index (χ2n) is 4.69. The minimum atomic E-state index is -0.525. The zero-order valence-corrected chi connectivity index (χ0v) is 11.9. The number of aliphatic hydroxyl groups is 1. The van der Waals surface area contributed by atoms with Crippen molar-refractivity contribution in [2.24, 2.45) is 0 Å². The summed E-state index contributed by atoms with van der Waals surface area (Å²) >= 11 is 0. The molecule has 0 amide bonds. The number of carbonyl (C=O) groups excluding carboxylic acids is 1.